The summed E-state index contributed by atoms with van der Waals surface area (Å²) in [4.78, 5) is 37.7. The van der Waals surface area contributed by atoms with Crippen LogP contribution in [0.5, 0.6) is 5.75 Å². The van der Waals surface area contributed by atoms with E-state index in [1.54, 1.807) is 38.9 Å². The second-order valence-electron chi connectivity index (χ2n) is 11.8. The fraction of sp³-hybridized carbons (Fsp3) is 0.387. The molecule has 0 atom stereocenters. The van der Waals surface area contributed by atoms with E-state index in [4.69, 9.17) is 16.3 Å². The molecule has 1 saturated heterocycles. The summed E-state index contributed by atoms with van der Waals surface area (Å²) < 4.78 is 19.1. The van der Waals surface area contributed by atoms with Gasteiger partial charge >= 0.3 is 0 Å². The van der Waals surface area contributed by atoms with Gasteiger partial charge in [0.25, 0.3) is 0 Å². The van der Waals surface area contributed by atoms with Gasteiger partial charge in [-0.25, -0.2) is 4.98 Å². The van der Waals surface area contributed by atoms with Crippen molar-refractivity contribution < 1.29 is 14.1 Å². The molecule has 4 aromatic rings. The van der Waals surface area contributed by atoms with Crippen molar-refractivity contribution in [2.75, 3.05) is 82.3 Å². The largest absolute Gasteiger partial charge is 0.494 e. The quantitative estimate of drug-likeness (QED) is 0.265. The van der Waals surface area contributed by atoms with E-state index in [1.165, 1.54) is 6.20 Å². The zero-order valence-corrected chi connectivity index (χ0v) is 27.5. The Bertz CT molecular complexity index is 1790. The van der Waals surface area contributed by atoms with Gasteiger partial charge in [-0.05, 0) is 57.0 Å². The molecule has 0 radical (unpaired) electrons. The molecule has 0 bridgehead atoms. The molecular weight excluding hydrogens is 613 g/mol. The molecule has 0 aliphatic carbocycles. The third kappa shape index (κ3) is 6.74. The van der Waals surface area contributed by atoms with E-state index in [1.807, 2.05) is 23.1 Å². The van der Waals surface area contributed by atoms with Crippen molar-refractivity contribution in [2.24, 2.45) is 0 Å². The predicted octanol–water partition coefficient (Wildman–Crippen LogP) is 4.34. The third-order valence-electron chi connectivity index (χ3n) is 8.17. The van der Waals surface area contributed by atoms with Crippen LogP contribution in [-0.4, -0.2) is 102 Å². The Balaban J connectivity index is 1.26. The molecule has 2 aromatic carbocycles. The topological polar surface area (TPSA) is 129 Å². The van der Waals surface area contributed by atoms with Gasteiger partial charge in [0.2, 0.25) is 11.9 Å². The van der Waals surface area contributed by atoms with Crippen molar-refractivity contribution in [3.63, 3.8) is 0 Å². The number of fused-ring (bicyclic) bond motifs is 2. The molecule has 2 aliphatic heterocycles. The number of rotatable bonds is 8. The van der Waals surface area contributed by atoms with Crippen LogP contribution in [0.4, 0.5) is 28.8 Å². The Morgan fingerprint density at radius 2 is 1.80 bits per heavy atom. The third-order valence-corrected chi connectivity index (χ3v) is 9.98. The van der Waals surface area contributed by atoms with Gasteiger partial charge in [0, 0.05) is 51.2 Å². The van der Waals surface area contributed by atoms with Crippen LogP contribution in [0.1, 0.15) is 12.0 Å². The lowest BCUT2D eigenvalue weighted by atomic mass is 10.00. The molecule has 2 N–H and O–H groups in total. The fourth-order valence-electron chi connectivity index (χ4n) is 5.85. The number of amides is 1. The van der Waals surface area contributed by atoms with Crippen LogP contribution in [-0.2, 0) is 15.8 Å². The molecule has 45 heavy (non-hydrogen) atoms. The number of carbonyl (C=O) groups is 1. The molecule has 6 rings (SSSR count). The van der Waals surface area contributed by atoms with Gasteiger partial charge in [-0.15, -0.1) is 0 Å². The van der Waals surface area contributed by atoms with Crippen LogP contribution >= 0.6 is 18.7 Å². The highest BCUT2D eigenvalue weighted by Gasteiger charge is 2.27. The lowest BCUT2D eigenvalue weighted by Crippen LogP contribution is -2.49. The maximum Gasteiger partial charge on any atom is 0.241 e. The van der Waals surface area contributed by atoms with Crippen LogP contribution < -0.4 is 25.6 Å². The summed E-state index contributed by atoms with van der Waals surface area (Å²) in [6, 6.07) is 7.53. The van der Waals surface area contributed by atoms with Crippen molar-refractivity contribution in [3.8, 4) is 5.75 Å². The molecule has 0 unspecified atom stereocenters. The van der Waals surface area contributed by atoms with Crippen LogP contribution in [0.25, 0.3) is 11.0 Å². The maximum atomic E-state index is 13.4. The first-order valence-electron chi connectivity index (χ1n) is 14.9. The molecule has 14 heteroatoms. The van der Waals surface area contributed by atoms with Crippen LogP contribution in [0, 0.1) is 0 Å². The molecule has 0 saturated carbocycles. The first kappa shape index (κ1) is 31.2. The number of hydrogen-bond acceptors (Lipinski definition) is 11. The summed E-state index contributed by atoms with van der Waals surface area (Å²) >= 11 is 6.53. The number of carbonyl (C=O) groups excluding carboxylic acids is 1. The summed E-state index contributed by atoms with van der Waals surface area (Å²) in [6.07, 6.45) is 6.40. The number of nitrogens with one attached hydrogen (secondary N) is 2. The molecule has 1 fully saturated rings. The van der Waals surface area contributed by atoms with E-state index in [2.05, 4.69) is 47.4 Å². The molecule has 2 aliphatic rings. The number of anilines is 5. The fourth-order valence-corrected chi connectivity index (χ4v) is 7.38. The van der Waals surface area contributed by atoms with Gasteiger partial charge in [0.15, 0.2) is 5.82 Å². The first-order chi connectivity index (χ1) is 21.6. The molecule has 0 spiro atoms. The van der Waals surface area contributed by atoms with E-state index in [-0.39, 0.29) is 11.9 Å². The predicted molar refractivity (Wildman–Crippen MR) is 180 cm³/mol. The average Bonchev–Trinajstić information content (AvgIpc) is 3.02. The van der Waals surface area contributed by atoms with E-state index in [9.17, 15) is 9.36 Å². The number of ether oxygens (including phenoxy) is 1. The Morgan fingerprint density at radius 3 is 2.56 bits per heavy atom. The van der Waals surface area contributed by atoms with E-state index in [0.717, 1.165) is 50.3 Å². The highest BCUT2D eigenvalue weighted by Crippen LogP contribution is 2.42. The van der Waals surface area contributed by atoms with Crippen LogP contribution in [0.2, 0.25) is 5.02 Å². The van der Waals surface area contributed by atoms with Gasteiger partial charge in [-0.1, -0.05) is 11.6 Å². The summed E-state index contributed by atoms with van der Waals surface area (Å²) in [5.74, 6) is 1.29. The lowest BCUT2D eigenvalue weighted by molar-refractivity contribution is -0.120. The Morgan fingerprint density at radius 1 is 1.02 bits per heavy atom. The molecule has 2 aromatic heterocycles. The SMILES string of the molecule is COc1cc2c(cc1Nc1ncc(Cl)c(Nc3ccc4nccnc4c3P(C)(C)=O)n1)CCCN2C(=O)CN1CCN(C)CC1. The highest BCUT2D eigenvalue weighted by atomic mass is 35.5. The number of nitrogens with zero attached hydrogens (tertiary/aromatic N) is 7. The Labute approximate surface area is 267 Å². The highest BCUT2D eigenvalue weighted by molar-refractivity contribution is 7.71. The summed E-state index contributed by atoms with van der Waals surface area (Å²) in [6.45, 7) is 8.18. The maximum absolute atomic E-state index is 13.4. The van der Waals surface area contributed by atoms with E-state index < -0.39 is 7.14 Å². The summed E-state index contributed by atoms with van der Waals surface area (Å²) in [5.41, 5.74) is 4.39. The van der Waals surface area contributed by atoms with Gasteiger partial charge in [0.05, 0.1) is 47.7 Å². The standard InChI is InChI=1S/C31H37ClN9O3P/c1-39-12-14-40(15-13-39)19-27(42)41-11-5-6-20-16-24(26(44-2)17-25(20)41)37-31-35-18-21(32)30(38-31)36-23-8-7-22-28(34-10-9-33-22)29(23)45(3,4)43/h7-10,16-18H,5-6,11-15,19H2,1-4H3,(H2,35,36,37,38). The van der Waals surface area contributed by atoms with Gasteiger partial charge in [-0.3, -0.25) is 19.7 Å². The molecule has 1 amide bonds. The number of likely N-dealkylation sites (N-methyl/N-ethyl adjacent to an activating group) is 1. The van der Waals surface area contributed by atoms with Gasteiger partial charge < -0.3 is 29.7 Å². The lowest BCUT2D eigenvalue weighted by Gasteiger charge is -2.35. The number of benzene rings is 2. The van der Waals surface area contributed by atoms with Crippen molar-refractivity contribution in [1.29, 1.82) is 0 Å². The molecule has 12 nitrogen and oxygen atoms in total. The van der Waals surface area contributed by atoms with Crippen LogP contribution in [0.3, 0.4) is 0 Å². The zero-order chi connectivity index (χ0) is 31.7. The number of hydrogen-bond donors (Lipinski definition) is 2. The number of aromatic nitrogens is 4. The number of halogens is 1. The van der Waals surface area contributed by atoms with Gasteiger partial charge in [0.1, 0.15) is 23.4 Å². The Hall–Kier alpha value is -3.83. The van der Waals surface area contributed by atoms with Crippen molar-refractivity contribution in [1.82, 2.24) is 29.7 Å². The summed E-state index contributed by atoms with van der Waals surface area (Å²) in [7, 11) is 0.922. The second kappa shape index (κ2) is 12.9. The monoisotopic (exact) mass is 649 g/mol. The minimum Gasteiger partial charge on any atom is -0.494 e. The van der Waals surface area contributed by atoms with Gasteiger partial charge in [-0.2, -0.15) is 4.98 Å². The molecule has 236 valence electrons. The first-order valence-corrected chi connectivity index (χ1v) is 17.9. The number of aryl methyl sites for hydroxylation is 1. The minimum absolute atomic E-state index is 0.0998. The Kier molecular flexibility index (Phi) is 8.92. The number of piperazine rings is 1. The smallest absolute Gasteiger partial charge is 0.241 e. The van der Waals surface area contributed by atoms with Crippen molar-refractivity contribution >= 4 is 69.8 Å². The zero-order valence-electron chi connectivity index (χ0n) is 25.9. The number of methoxy groups -OCH3 is 1. The minimum atomic E-state index is -2.78. The van der Waals surface area contributed by atoms with E-state index >= 15 is 0 Å². The molecular formula is C31H37ClN9O3P. The molecule has 4 heterocycles. The van der Waals surface area contributed by atoms with Crippen LogP contribution in [0.15, 0.2) is 42.9 Å². The second-order valence-corrected chi connectivity index (χ2v) is 15.3. The average molecular weight is 650 g/mol. The summed E-state index contributed by atoms with van der Waals surface area (Å²) in [5, 5.41) is 7.39. The van der Waals surface area contributed by atoms with E-state index in [0.29, 0.717) is 57.4 Å². The van der Waals surface area contributed by atoms with Crippen molar-refractivity contribution in [2.45, 2.75) is 12.8 Å². The van der Waals surface area contributed by atoms with Crippen molar-refractivity contribution in [3.05, 3.63) is 53.4 Å². The normalized spacial score (nSPS) is 16.0.